The van der Waals surface area contributed by atoms with E-state index in [9.17, 15) is 14.7 Å². The van der Waals surface area contributed by atoms with Gasteiger partial charge in [-0.25, -0.2) is 0 Å². The van der Waals surface area contributed by atoms with E-state index in [0.717, 1.165) is 11.1 Å². The number of anilines is 1. The Morgan fingerprint density at radius 1 is 1.04 bits per heavy atom. The molecule has 0 radical (unpaired) electrons. The maximum absolute atomic E-state index is 12.7. The number of carboxylic acid groups (broad SMARTS) is 1. The lowest BCUT2D eigenvalue weighted by atomic mass is 9.82. The largest absolute Gasteiger partial charge is 0.550 e. The van der Waals surface area contributed by atoms with Gasteiger partial charge in [-0.05, 0) is 32.0 Å². The maximum Gasteiger partial charge on any atom is 0.229 e. The SMILES string of the molecule is CC(C)=C1[C@@H]2C=C[C@@H]1[C@@H](C(=O)Nc1ccc(Cl)c(Cl)c1)[C@H]2C(=O)[O-]. The molecule has 0 saturated heterocycles. The molecule has 1 amide bonds. The molecule has 6 heteroatoms. The van der Waals surface area contributed by atoms with Crippen LogP contribution >= 0.6 is 23.2 Å². The van der Waals surface area contributed by atoms with Crippen molar-refractivity contribution in [1.82, 2.24) is 0 Å². The Labute approximate surface area is 150 Å². The van der Waals surface area contributed by atoms with Crippen molar-refractivity contribution in [2.45, 2.75) is 13.8 Å². The molecule has 2 aliphatic rings. The summed E-state index contributed by atoms with van der Waals surface area (Å²) in [6.07, 6.45) is 3.79. The molecule has 1 N–H and O–H groups in total. The number of carbonyl (C=O) groups excluding carboxylic acids is 2. The lowest BCUT2D eigenvalue weighted by Gasteiger charge is -2.27. The van der Waals surface area contributed by atoms with Gasteiger partial charge < -0.3 is 15.2 Å². The van der Waals surface area contributed by atoms with E-state index < -0.39 is 17.8 Å². The minimum absolute atomic E-state index is 0.203. The fourth-order valence-corrected chi connectivity index (χ4v) is 4.13. The summed E-state index contributed by atoms with van der Waals surface area (Å²) in [5, 5.41) is 15.1. The molecule has 0 unspecified atom stereocenters. The molecule has 4 atom stereocenters. The van der Waals surface area contributed by atoms with Crippen molar-refractivity contribution in [3.8, 4) is 0 Å². The highest BCUT2D eigenvalue weighted by Crippen LogP contribution is 2.53. The van der Waals surface area contributed by atoms with Crippen molar-refractivity contribution in [3.63, 3.8) is 0 Å². The lowest BCUT2D eigenvalue weighted by molar-refractivity contribution is -0.313. The monoisotopic (exact) mass is 364 g/mol. The summed E-state index contributed by atoms with van der Waals surface area (Å²) >= 11 is 11.8. The Balaban J connectivity index is 1.91. The molecule has 0 aromatic heterocycles. The van der Waals surface area contributed by atoms with Gasteiger partial charge in [-0.2, -0.15) is 0 Å². The summed E-state index contributed by atoms with van der Waals surface area (Å²) in [7, 11) is 0. The molecule has 1 fully saturated rings. The second-order valence-electron chi connectivity index (χ2n) is 6.38. The number of hydrogen-bond acceptors (Lipinski definition) is 3. The van der Waals surface area contributed by atoms with Gasteiger partial charge >= 0.3 is 0 Å². The molecular weight excluding hydrogens is 349 g/mol. The van der Waals surface area contributed by atoms with Crippen molar-refractivity contribution in [2.24, 2.45) is 23.7 Å². The van der Waals surface area contributed by atoms with E-state index in [1.165, 1.54) is 0 Å². The standard InChI is InChI=1S/C18H17Cl2NO3/c1-8(2)14-10-4-5-11(14)16(18(23)24)15(10)17(22)21-9-3-6-12(19)13(20)7-9/h3-7,10-11,15-16H,1-2H3,(H,21,22)(H,23,24)/p-1/t10-,11-,15+,16-/m0/s1. The van der Waals surface area contributed by atoms with Crippen LogP contribution in [-0.4, -0.2) is 11.9 Å². The third kappa shape index (κ3) is 2.74. The number of rotatable bonds is 3. The van der Waals surface area contributed by atoms with Gasteiger partial charge in [0.05, 0.1) is 16.0 Å². The van der Waals surface area contributed by atoms with Gasteiger partial charge in [0.25, 0.3) is 0 Å². The zero-order valence-corrected chi connectivity index (χ0v) is 14.7. The van der Waals surface area contributed by atoms with E-state index in [1.54, 1.807) is 18.2 Å². The average molecular weight is 365 g/mol. The minimum Gasteiger partial charge on any atom is -0.550 e. The fraction of sp³-hybridized carbons (Fsp3) is 0.333. The van der Waals surface area contributed by atoms with Crippen LogP contribution in [0.4, 0.5) is 5.69 Å². The molecule has 0 spiro atoms. The molecule has 126 valence electrons. The first-order valence-electron chi connectivity index (χ1n) is 7.63. The predicted octanol–water partition coefficient (Wildman–Crippen LogP) is 3.07. The van der Waals surface area contributed by atoms with Crippen molar-refractivity contribution in [1.29, 1.82) is 0 Å². The zero-order chi connectivity index (χ0) is 17.6. The summed E-state index contributed by atoms with van der Waals surface area (Å²) < 4.78 is 0. The van der Waals surface area contributed by atoms with Gasteiger partial charge in [0.1, 0.15) is 0 Å². The van der Waals surface area contributed by atoms with Gasteiger partial charge in [-0.3, -0.25) is 4.79 Å². The topological polar surface area (TPSA) is 69.2 Å². The number of carbonyl (C=O) groups is 2. The lowest BCUT2D eigenvalue weighted by Crippen LogP contribution is -2.42. The number of benzene rings is 1. The molecule has 4 nitrogen and oxygen atoms in total. The number of nitrogens with one attached hydrogen (secondary N) is 1. The summed E-state index contributed by atoms with van der Waals surface area (Å²) in [6.45, 7) is 3.88. The Hall–Kier alpha value is -1.78. The van der Waals surface area contributed by atoms with Crippen molar-refractivity contribution in [3.05, 3.63) is 51.5 Å². The Morgan fingerprint density at radius 2 is 1.67 bits per heavy atom. The molecule has 0 heterocycles. The number of carboxylic acids is 1. The van der Waals surface area contributed by atoms with E-state index in [-0.39, 0.29) is 17.7 Å². The Kier molecular flexibility index (Phi) is 4.45. The van der Waals surface area contributed by atoms with Gasteiger partial charge in [0, 0.05) is 29.4 Å². The smallest absolute Gasteiger partial charge is 0.229 e. The van der Waals surface area contributed by atoms with Crippen LogP contribution < -0.4 is 10.4 Å². The van der Waals surface area contributed by atoms with Crippen LogP contribution in [0.3, 0.4) is 0 Å². The summed E-state index contributed by atoms with van der Waals surface area (Å²) in [5.74, 6) is -3.56. The van der Waals surface area contributed by atoms with E-state index >= 15 is 0 Å². The second-order valence-corrected chi connectivity index (χ2v) is 7.19. The number of amides is 1. The highest BCUT2D eigenvalue weighted by molar-refractivity contribution is 6.42. The number of aliphatic carboxylic acids is 1. The third-order valence-electron chi connectivity index (χ3n) is 4.74. The molecule has 3 rings (SSSR count). The zero-order valence-electron chi connectivity index (χ0n) is 13.2. The fourth-order valence-electron chi connectivity index (χ4n) is 3.83. The Bertz CT molecular complexity index is 780. The van der Waals surface area contributed by atoms with Crippen LogP contribution in [0.15, 0.2) is 41.5 Å². The van der Waals surface area contributed by atoms with Gasteiger partial charge in [-0.1, -0.05) is 46.5 Å². The molecule has 24 heavy (non-hydrogen) atoms. The summed E-state index contributed by atoms with van der Waals surface area (Å²) in [6, 6.07) is 4.75. The van der Waals surface area contributed by atoms with Gasteiger partial charge in [0.2, 0.25) is 5.91 Å². The number of halogens is 2. The van der Waals surface area contributed by atoms with Crippen LogP contribution in [-0.2, 0) is 9.59 Å². The minimum atomic E-state index is -1.19. The first-order valence-corrected chi connectivity index (χ1v) is 8.39. The highest BCUT2D eigenvalue weighted by atomic mass is 35.5. The van der Waals surface area contributed by atoms with Gasteiger partial charge in [0.15, 0.2) is 0 Å². The Morgan fingerprint density at radius 3 is 2.21 bits per heavy atom. The molecule has 0 aliphatic heterocycles. The van der Waals surface area contributed by atoms with E-state index in [0.29, 0.717) is 15.7 Å². The molecule has 1 aromatic rings. The number of allylic oxidation sites excluding steroid dienone is 4. The molecule has 1 saturated carbocycles. The predicted molar refractivity (Wildman–Crippen MR) is 91.6 cm³/mol. The van der Waals surface area contributed by atoms with Crippen molar-refractivity contribution < 1.29 is 14.7 Å². The normalized spacial score (nSPS) is 27.4. The molecule has 2 bridgehead atoms. The van der Waals surface area contributed by atoms with Crippen LogP contribution in [0.25, 0.3) is 0 Å². The summed E-state index contributed by atoms with van der Waals surface area (Å²) in [5.41, 5.74) is 2.54. The quantitative estimate of drug-likeness (QED) is 0.837. The number of fused-ring (bicyclic) bond motifs is 2. The van der Waals surface area contributed by atoms with E-state index in [2.05, 4.69) is 5.32 Å². The van der Waals surface area contributed by atoms with Crippen LogP contribution in [0, 0.1) is 23.7 Å². The first kappa shape index (κ1) is 17.1. The second kappa shape index (κ2) is 6.26. The molecular formula is C18H16Cl2NO3-. The number of hydrogen-bond donors (Lipinski definition) is 1. The van der Waals surface area contributed by atoms with Crippen molar-refractivity contribution in [2.75, 3.05) is 5.32 Å². The van der Waals surface area contributed by atoms with Crippen molar-refractivity contribution >= 4 is 40.8 Å². The molecule has 1 aromatic carbocycles. The average Bonchev–Trinajstić information content (AvgIpc) is 3.06. The third-order valence-corrected chi connectivity index (χ3v) is 5.48. The molecule has 2 aliphatic carbocycles. The first-order chi connectivity index (χ1) is 11.3. The van der Waals surface area contributed by atoms with Crippen LogP contribution in [0.2, 0.25) is 10.0 Å². The van der Waals surface area contributed by atoms with Gasteiger partial charge in [-0.15, -0.1) is 0 Å². The maximum atomic E-state index is 12.7. The highest BCUT2D eigenvalue weighted by Gasteiger charge is 2.52. The summed E-state index contributed by atoms with van der Waals surface area (Å²) in [4.78, 5) is 24.4. The van der Waals surface area contributed by atoms with Crippen LogP contribution in [0.1, 0.15) is 13.8 Å². The van der Waals surface area contributed by atoms with E-state index in [4.69, 9.17) is 23.2 Å². The van der Waals surface area contributed by atoms with E-state index in [1.807, 2.05) is 26.0 Å². The van der Waals surface area contributed by atoms with Crippen LogP contribution in [0.5, 0.6) is 0 Å².